The minimum atomic E-state index is 0.00627. The Morgan fingerprint density at radius 2 is 1.58 bits per heavy atom. The van der Waals surface area contributed by atoms with Crippen molar-refractivity contribution in [2.75, 3.05) is 5.32 Å². The zero-order chi connectivity index (χ0) is 16.9. The number of aryl methyl sites for hydroxylation is 1. The molecule has 0 aliphatic heterocycles. The van der Waals surface area contributed by atoms with Gasteiger partial charge in [-0.25, -0.2) is 0 Å². The molecule has 1 N–H and O–H groups in total. The van der Waals surface area contributed by atoms with Crippen LogP contribution in [0, 0.1) is 10.5 Å². The van der Waals surface area contributed by atoms with E-state index in [-0.39, 0.29) is 5.91 Å². The van der Waals surface area contributed by atoms with Crippen LogP contribution >= 0.6 is 22.6 Å². The number of carbonyl (C=O) groups is 1. The van der Waals surface area contributed by atoms with E-state index in [1.54, 1.807) is 0 Å². The molecule has 0 aliphatic rings. The largest absolute Gasteiger partial charge is 0.326 e. The van der Waals surface area contributed by atoms with Crippen LogP contribution < -0.4 is 5.32 Å². The molecule has 0 heterocycles. The van der Waals surface area contributed by atoms with Gasteiger partial charge in [-0.2, -0.15) is 0 Å². The maximum absolute atomic E-state index is 12.3. The minimum absolute atomic E-state index is 0.00627. The zero-order valence-electron chi connectivity index (χ0n) is 13.4. The van der Waals surface area contributed by atoms with E-state index >= 15 is 0 Å². The predicted molar refractivity (Wildman–Crippen MR) is 108 cm³/mol. The SMILES string of the molecule is Cc1cc(I)ccc1NC(=O)Cc1ccc(-c2ccccc2)cc1. The van der Waals surface area contributed by atoms with Crippen LogP contribution in [-0.2, 0) is 11.2 Å². The molecular formula is C21H18INO. The van der Waals surface area contributed by atoms with Crippen LogP contribution in [0.1, 0.15) is 11.1 Å². The zero-order valence-corrected chi connectivity index (χ0v) is 15.6. The second-order valence-electron chi connectivity index (χ2n) is 5.75. The van der Waals surface area contributed by atoms with E-state index in [4.69, 9.17) is 0 Å². The Labute approximate surface area is 156 Å². The Balaban J connectivity index is 1.66. The lowest BCUT2D eigenvalue weighted by atomic mass is 10.0. The second-order valence-corrected chi connectivity index (χ2v) is 6.99. The Bertz CT molecular complexity index is 841. The van der Waals surface area contributed by atoms with Crippen molar-refractivity contribution in [3.8, 4) is 11.1 Å². The standard InChI is InChI=1S/C21H18INO/c1-15-13-19(22)11-12-20(15)23-21(24)14-16-7-9-18(10-8-16)17-5-3-2-4-6-17/h2-13H,14H2,1H3,(H,23,24). The van der Waals surface area contributed by atoms with Crippen molar-refractivity contribution in [2.45, 2.75) is 13.3 Å². The number of amides is 1. The molecule has 0 saturated heterocycles. The smallest absolute Gasteiger partial charge is 0.228 e. The Kier molecular flexibility index (Phi) is 5.30. The molecule has 1 amide bonds. The molecule has 120 valence electrons. The first-order chi connectivity index (χ1) is 11.6. The lowest BCUT2D eigenvalue weighted by Gasteiger charge is -2.09. The molecule has 0 fully saturated rings. The summed E-state index contributed by atoms with van der Waals surface area (Å²) in [6.07, 6.45) is 0.375. The van der Waals surface area contributed by atoms with Crippen molar-refractivity contribution < 1.29 is 4.79 Å². The summed E-state index contributed by atoms with van der Waals surface area (Å²) >= 11 is 2.27. The molecule has 3 heteroatoms. The van der Waals surface area contributed by atoms with Gasteiger partial charge in [0.1, 0.15) is 0 Å². The number of hydrogen-bond donors (Lipinski definition) is 1. The summed E-state index contributed by atoms with van der Waals surface area (Å²) in [5.41, 5.74) is 5.31. The third kappa shape index (κ3) is 4.23. The molecule has 0 aliphatic carbocycles. The minimum Gasteiger partial charge on any atom is -0.326 e. The fourth-order valence-corrected chi connectivity index (χ4v) is 3.24. The third-order valence-electron chi connectivity index (χ3n) is 3.89. The van der Waals surface area contributed by atoms with Gasteiger partial charge >= 0.3 is 0 Å². The second kappa shape index (κ2) is 7.62. The number of benzene rings is 3. The monoisotopic (exact) mass is 427 g/mol. The van der Waals surface area contributed by atoms with Crippen LogP contribution in [0.15, 0.2) is 72.8 Å². The molecule has 0 atom stereocenters. The molecule has 3 rings (SSSR count). The fraction of sp³-hybridized carbons (Fsp3) is 0.0952. The predicted octanol–water partition coefficient (Wildman–Crippen LogP) is 5.45. The number of rotatable bonds is 4. The number of carbonyl (C=O) groups excluding carboxylic acids is 1. The van der Waals surface area contributed by atoms with Crippen LogP contribution in [-0.4, -0.2) is 5.91 Å². The van der Waals surface area contributed by atoms with Crippen LogP contribution in [0.5, 0.6) is 0 Å². The first kappa shape index (κ1) is 16.7. The Morgan fingerprint density at radius 1 is 0.917 bits per heavy atom. The maximum atomic E-state index is 12.3. The first-order valence-corrected chi connectivity index (χ1v) is 8.90. The highest BCUT2D eigenvalue weighted by Crippen LogP contribution is 2.20. The first-order valence-electron chi connectivity index (χ1n) is 7.82. The van der Waals surface area contributed by atoms with Crippen LogP contribution in [0.4, 0.5) is 5.69 Å². The van der Waals surface area contributed by atoms with E-state index < -0.39 is 0 Å². The van der Waals surface area contributed by atoms with E-state index in [0.29, 0.717) is 6.42 Å². The highest BCUT2D eigenvalue weighted by molar-refractivity contribution is 14.1. The van der Waals surface area contributed by atoms with Crippen LogP contribution in [0.3, 0.4) is 0 Å². The number of nitrogens with one attached hydrogen (secondary N) is 1. The van der Waals surface area contributed by atoms with Gasteiger partial charge < -0.3 is 5.32 Å². The average Bonchev–Trinajstić information content (AvgIpc) is 2.59. The topological polar surface area (TPSA) is 29.1 Å². The van der Waals surface area contributed by atoms with Gasteiger partial charge in [0.15, 0.2) is 0 Å². The highest BCUT2D eigenvalue weighted by Gasteiger charge is 2.07. The molecule has 24 heavy (non-hydrogen) atoms. The van der Waals surface area contributed by atoms with E-state index in [2.05, 4.69) is 58.2 Å². The summed E-state index contributed by atoms with van der Waals surface area (Å²) in [7, 11) is 0. The van der Waals surface area contributed by atoms with E-state index in [9.17, 15) is 4.79 Å². The van der Waals surface area contributed by atoms with Crippen molar-refractivity contribution in [1.82, 2.24) is 0 Å². The number of anilines is 1. The van der Waals surface area contributed by atoms with Crippen LogP contribution in [0.25, 0.3) is 11.1 Å². The highest BCUT2D eigenvalue weighted by atomic mass is 127. The van der Waals surface area contributed by atoms with Gasteiger partial charge in [0.2, 0.25) is 5.91 Å². The van der Waals surface area contributed by atoms with Gasteiger partial charge in [0, 0.05) is 9.26 Å². The van der Waals surface area contributed by atoms with Gasteiger partial charge in [-0.1, -0.05) is 54.6 Å². The maximum Gasteiger partial charge on any atom is 0.228 e. The van der Waals surface area contributed by atoms with Gasteiger partial charge in [0.05, 0.1) is 6.42 Å². The third-order valence-corrected chi connectivity index (χ3v) is 4.56. The summed E-state index contributed by atoms with van der Waals surface area (Å²) in [5.74, 6) is 0.00627. The van der Waals surface area contributed by atoms with Gasteiger partial charge in [0.25, 0.3) is 0 Å². The number of halogens is 1. The summed E-state index contributed by atoms with van der Waals surface area (Å²) in [6, 6.07) is 24.4. The summed E-state index contributed by atoms with van der Waals surface area (Å²) < 4.78 is 1.17. The molecule has 0 saturated carbocycles. The van der Waals surface area contributed by atoms with E-state index in [0.717, 1.165) is 22.4 Å². The van der Waals surface area contributed by atoms with E-state index in [1.165, 1.54) is 9.13 Å². The molecule has 0 spiro atoms. The van der Waals surface area contributed by atoms with Crippen molar-refractivity contribution in [1.29, 1.82) is 0 Å². The Hall–Kier alpha value is -2.14. The summed E-state index contributed by atoms with van der Waals surface area (Å²) in [6.45, 7) is 2.01. The average molecular weight is 427 g/mol. The van der Waals surface area contributed by atoms with Crippen molar-refractivity contribution in [3.05, 3.63) is 87.5 Å². The molecule has 3 aromatic rings. The molecule has 0 unspecified atom stereocenters. The summed E-state index contributed by atoms with van der Waals surface area (Å²) in [5, 5.41) is 2.99. The van der Waals surface area contributed by atoms with Crippen molar-refractivity contribution in [3.63, 3.8) is 0 Å². The lowest BCUT2D eigenvalue weighted by Crippen LogP contribution is -2.15. The van der Waals surface area contributed by atoms with E-state index in [1.807, 2.05) is 49.4 Å². The molecule has 2 nitrogen and oxygen atoms in total. The van der Waals surface area contributed by atoms with Gasteiger partial charge in [-0.15, -0.1) is 0 Å². The molecule has 0 aromatic heterocycles. The normalized spacial score (nSPS) is 10.4. The van der Waals surface area contributed by atoms with Gasteiger partial charge in [-0.05, 0) is 70.0 Å². The lowest BCUT2D eigenvalue weighted by molar-refractivity contribution is -0.115. The molecule has 0 radical (unpaired) electrons. The van der Waals surface area contributed by atoms with Crippen LogP contribution in [0.2, 0.25) is 0 Å². The quantitative estimate of drug-likeness (QED) is 0.552. The van der Waals surface area contributed by atoms with Crippen molar-refractivity contribution in [2.24, 2.45) is 0 Å². The number of hydrogen-bond acceptors (Lipinski definition) is 1. The molecule has 0 bridgehead atoms. The molecular weight excluding hydrogens is 409 g/mol. The fourth-order valence-electron chi connectivity index (χ4n) is 2.59. The molecule has 3 aromatic carbocycles. The Morgan fingerprint density at radius 3 is 2.25 bits per heavy atom. The van der Waals surface area contributed by atoms with Crippen molar-refractivity contribution >= 4 is 34.2 Å². The van der Waals surface area contributed by atoms with Gasteiger partial charge in [-0.3, -0.25) is 4.79 Å². The summed E-state index contributed by atoms with van der Waals surface area (Å²) in [4.78, 5) is 12.3.